The van der Waals surface area contributed by atoms with E-state index in [9.17, 15) is 15.0 Å². The van der Waals surface area contributed by atoms with Gasteiger partial charge in [0.15, 0.2) is 0 Å². The number of aromatic hydroxyl groups is 1. The highest BCUT2D eigenvalue weighted by molar-refractivity contribution is 6.00. The van der Waals surface area contributed by atoms with Crippen molar-refractivity contribution in [2.24, 2.45) is 0 Å². The number of ether oxygens (including phenoxy) is 1. The number of aliphatic hydroxyl groups is 1. The monoisotopic (exact) mass is 421 g/mol. The molecule has 31 heavy (non-hydrogen) atoms. The van der Waals surface area contributed by atoms with Crippen LogP contribution in [-0.4, -0.2) is 51.0 Å². The lowest BCUT2D eigenvalue weighted by Gasteiger charge is -2.26. The molecule has 0 radical (unpaired) electrons. The van der Waals surface area contributed by atoms with Crippen LogP contribution in [0.3, 0.4) is 0 Å². The zero-order valence-electron chi connectivity index (χ0n) is 18.0. The third kappa shape index (κ3) is 3.65. The van der Waals surface area contributed by atoms with Crippen LogP contribution in [0.4, 0.5) is 0 Å². The van der Waals surface area contributed by atoms with Crippen molar-refractivity contribution >= 4 is 5.91 Å². The molecule has 4 rings (SSSR count). The lowest BCUT2D eigenvalue weighted by atomic mass is 9.93. The number of aromatic amines is 1. The molecule has 3 N–H and O–H groups in total. The van der Waals surface area contributed by atoms with Crippen molar-refractivity contribution in [1.29, 1.82) is 0 Å². The summed E-state index contributed by atoms with van der Waals surface area (Å²) in [6.07, 6.45) is 0.473. The van der Waals surface area contributed by atoms with Crippen LogP contribution < -0.4 is 4.74 Å². The number of H-pyrrole nitrogens is 1. The topological polar surface area (TPSA) is 98.7 Å². The number of hydrogen-bond donors (Lipinski definition) is 3. The average Bonchev–Trinajstić information content (AvgIpc) is 3.26. The highest BCUT2D eigenvalue weighted by Gasteiger charge is 2.42. The quantitative estimate of drug-likeness (QED) is 0.540. The molecule has 162 valence electrons. The number of nitrogens with zero attached hydrogens (tertiary/aromatic N) is 2. The molecule has 2 aromatic carbocycles. The Morgan fingerprint density at radius 1 is 1.19 bits per heavy atom. The van der Waals surface area contributed by atoms with Crippen molar-refractivity contribution < 1.29 is 19.7 Å². The SMILES string of the molecule is CCOc1ccc(C2c3c(-c4c(C)cc(C)cc4O)n[nH]c3C(=O)N2CCCO)cc1. The number of aromatic nitrogens is 2. The molecule has 0 aliphatic carbocycles. The fourth-order valence-corrected chi connectivity index (χ4v) is 4.37. The first-order valence-electron chi connectivity index (χ1n) is 10.5. The molecule has 7 heteroatoms. The van der Waals surface area contributed by atoms with Gasteiger partial charge in [0.05, 0.1) is 12.6 Å². The number of nitrogens with one attached hydrogen (secondary N) is 1. The van der Waals surface area contributed by atoms with Gasteiger partial charge in [0.25, 0.3) is 5.91 Å². The third-order valence-electron chi connectivity index (χ3n) is 5.62. The van der Waals surface area contributed by atoms with Gasteiger partial charge >= 0.3 is 0 Å². The molecule has 0 saturated carbocycles. The van der Waals surface area contributed by atoms with E-state index in [1.165, 1.54) is 0 Å². The summed E-state index contributed by atoms with van der Waals surface area (Å²) in [6.45, 7) is 6.76. The van der Waals surface area contributed by atoms with E-state index in [0.29, 0.717) is 36.5 Å². The fourth-order valence-electron chi connectivity index (χ4n) is 4.37. The highest BCUT2D eigenvalue weighted by atomic mass is 16.5. The molecule has 1 atom stereocenters. The zero-order chi connectivity index (χ0) is 22.1. The number of carbonyl (C=O) groups is 1. The van der Waals surface area contributed by atoms with E-state index in [0.717, 1.165) is 28.0 Å². The predicted molar refractivity (Wildman–Crippen MR) is 117 cm³/mol. The van der Waals surface area contributed by atoms with Gasteiger partial charge in [-0.25, -0.2) is 0 Å². The first-order valence-corrected chi connectivity index (χ1v) is 10.5. The molecule has 0 bridgehead atoms. The maximum Gasteiger partial charge on any atom is 0.273 e. The molecule has 1 aromatic heterocycles. The summed E-state index contributed by atoms with van der Waals surface area (Å²) in [6, 6.07) is 11.0. The smallest absolute Gasteiger partial charge is 0.273 e. The standard InChI is InChI=1S/C24H27N3O4/c1-4-31-17-8-6-16(7-9-17)23-20-21(19-15(3)12-14(2)13-18(19)29)25-26-22(20)24(30)27(23)10-5-11-28/h6-9,12-13,23,28-29H,4-5,10-11H2,1-3H3,(H,25,26). The van der Waals surface area contributed by atoms with Gasteiger partial charge in [-0.05, 0) is 62.1 Å². The van der Waals surface area contributed by atoms with Crippen LogP contribution in [0.2, 0.25) is 0 Å². The fraction of sp³-hybridized carbons (Fsp3) is 0.333. The number of aliphatic hydroxyl groups excluding tert-OH is 1. The largest absolute Gasteiger partial charge is 0.507 e. The molecule has 7 nitrogen and oxygen atoms in total. The molecule has 0 spiro atoms. The lowest BCUT2D eigenvalue weighted by molar-refractivity contribution is 0.0732. The van der Waals surface area contributed by atoms with Crippen molar-refractivity contribution in [3.8, 4) is 22.8 Å². The Kier molecular flexibility index (Phi) is 5.69. The number of amides is 1. The number of phenolic OH excluding ortho intramolecular Hbond substituents is 1. The summed E-state index contributed by atoms with van der Waals surface area (Å²) < 4.78 is 5.56. The normalized spacial score (nSPS) is 15.4. The van der Waals surface area contributed by atoms with Gasteiger partial charge in [-0.3, -0.25) is 9.89 Å². The number of phenols is 1. The van der Waals surface area contributed by atoms with E-state index < -0.39 is 0 Å². The van der Waals surface area contributed by atoms with Crippen molar-refractivity contribution in [3.63, 3.8) is 0 Å². The highest BCUT2D eigenvalue weighted by Crippen LogP contribution is 2.45. The van der Waals surface area contributed by atoms with Crippen LogP contribution in [-0.2, 0) is 0 Å². The van der Waals surface area contributed by atoms with Crippen molar-refractivity contribution in [3.05, 3.63) is 64.3 Å². The van der Waals surface area contributed by atoms with E-state index in [4.69, 9.17) is 4.74 Å². The second-order valence-electron chi connectivity index (χ2n) is 7.82. The molecule has 0 fully saturated rings. The van der Waals surface area contributed by atoms with Gasteiger partial charge in [0, 0.05) is 24.3 Å². The van der Waals surface area contributed by atoms with Gasteiger partial charge in [0.2, 0.25) is 0 Å². The first-order chi connectivity index (χ1) is 15.0. The van der Waals surface area contributed by atoms with E-state index in [1.54, 1.807) is 11.0 Å². The van der Waals surface area contributed by atoms with Crippen molar-refractivity contribution in [2.75, 3.05) is 19.8 Å². The Morgan fingerprint density at radius 2 is 1.94 bits per heavy atom. The maximum atomic E-state index is 13.2. The van der Waals surface area contributed by atoms with Gasteiger partial charge in [-0.15, -0.1) is 0 Å². The van der Waals surface area contributed by atoms with Crippen LogP contribution in [0.1, 0.15) is 52.1 Å². The second kappa shape index (κ2) is 8.43. The number of rotatable bonds is 7. The van der Waals surface area contributed by atoms with Crippen LogP contribution in [0.5, 0.6) is 11.5 Å². The Bertz CT molecular complexity index is 1080. The van der Waals surface area contributed by atoms with E-state index >= 15 is 0 Å². The summed E-state index contributed by atoms with van der Waals surface area (Å²) in [4.78, 5) is 15.0. The average molecular weight is 421 g/mol. The molecule has 3 aromatic rings. The van der Waals surface area contributed by atoms with Crippen LogP contribution in [0.25, 0.3) is 11.3 Å². The molecule has 1 aliphatic rings. The first kappa shape index (κ1) is 20.9. The number of fused-ring (bicyclic) bond motifs is 1. The minimum absolute atomic E-state index is 0.00330. The number of carbonyl (C=O) groups excluding carboxylic acids is 1. The van der Waals surface area contributed by atoms with Gasteiger partial charge in [-0.2, -0.15) is 5.10 Å². The van der Waals surface area contributed by atoms with E-state index in [1.807, 2.05) is 51.1 Å². The zero-order valence-corrected chi connectivity index (χ0v) is 18.0. The van der Waals surface area contributed by atoms with Crippen LogP contribution in [0, 0.1) is 13.8 Å². The van der Waals surface area contributed by atoms with Crippen LogP contribution >= 0.6 is 0 Å². The number of benzene rings is 2. The molecule has 1 aliphatic heterocycles. The molecule has 1 amide bonds. The van der Waals surface area contributed by atoms with Crippen molar-refractivity contribution in [1.82, 2.24) is 15.1 Å². The predicted octanol–water partition coefficient (Wildman–Crippen LogP) is 3.73. The molecule has 1 unspecified atom stereocenters. The van der Waals surface area contributed by atoms with Crippen molar-refractivity contribution in [2.45, 2.75) is 33.2 Å². The summed E-state index contributed by atoms with van der Waals surface area (Å²) in [5.74, 6) is 0.737. The van der Waals surface area contributed by atoms with Crippen LogP contribution in [0.15, 0.2) is 36.4 Å². The third-order valence-corrected chi connectivity index (χ3v) is 5.62. The van der Waals surface area contributed by atoms with Gasteiger partial charge in [-0.1, -0.05) is 18.2 Å². The summed E-state index contributed by atoms with van der Waals surface area (Å²) in [7, 11) is 0. The molecular weight excluding hydrogens is 394 g/mol. The molecule has 0 saturated heterocycles. The van der Waals surface area contributed by atoms with E-state index in [2.05, 4.69) is 10.2 Å². The Hall–Kier alpha value is -3.32. The summed E-state index contributed by atoms with van der Waals surface area (Å²) in [5.41, 5.74) is 5.12. The Balaban J connectivity index is 1.86. The Morgan fingerprint density at radius 3 is 2.58 bits per heavy atom. The minimum atomic E-state index is -0.376. The molecular formula is C24H27N3O4. The number of aryl methyl sites for hydroxylation is 2. The number of hydrogen-bond acceptors (Lipinski definition) is 5. The second-order valence-corrected chi connectivity index (χ2v) is 7.82. The maximum absolute atomic E-state index is 13.2. The molecule has 2 heterocycles. The van der Waals surface area contributed by atoms with Gasteiger partial charge in [0.1, 0.15) is 22.9 Å². The van der Waals surface area contributed by atoms with Gasteiger partial charge < -0.3 is 19.8 Å². The van der Waals surface area contributed by atoms with E-state index in [-0.39, 0.29) is 24.3 Å². The summed E-state index contributed by atoms with van der Waals surface area (Å²) in [5, 5.41) is 27.4. The lowest BCUT2D eigenvalue weighted by Crippen LogP contribution is -2.31. The minimum Gasteiger partial charge on any atom is -0.507 e. The Labute approximate surface area is 181 Å². The summed E-state index contributed by atoms with van der Waals surface area (Å²) >= 11 is 0.